The number of benzene rings is 3. The fourth-order valence-corrected chi connectivity index (χ4v) is 5.14. The van der Waals surface area contributed by atoms with Crippen LogP contribution in [-0.2, 0) is 19.8 Å². The molecule has 3 heteroatoms. The summed E-state index contributed by atoms with van der Waals surface area (Å²) in [5.41, 5.74) is 4.16. The highest BCUT2D eigenvalue weighted by Gasteiger charge is 2.29. The van der Waals surface area contributed by atoms with E-state index in [1.165, 1.54) is 0 Å². The van der Waals surface area contributed by atoms with Crippen LogP contribution in [0.3, 0.4) is 0 Å². The Morgan fingerprint density at radius 2 is 1.71 bits per heavy atom. The van der Waals surface area contributed by atoms with Gasteiger partial charge in [0.2, 0.25) is 5.69 Å². The molecule has 2 heterocycles. The van der Waals surface area contributed by atoms with Gasteiger partial charge in [-0.3, -0.25) is 0 Å². The molecule has 0 atom stereocenters. The minimum atomic E-state index is -2.28. The molecule has 35 heavy (non-hydrogen) atoms. The Labute approximate surface area is 216 Å². The van der Waals surface area contributed by atoms with Crippen molar-refractivity contribution in [3.8, 4) is 28.5 Å². The molecule has 0 aliphatic heterocycles. The Bertz CT molecular complexity index is 2000. The first-order chi connectivity index (χ1) is 19.5. The standard InChI is InChI=1S/C32H29N2O/c1-19-12-13-34(5)27(14-19)28-20(2)6-10-25-26-11-9-23(18-33)29(31(26)35-30(25)28)21-7-8-22-16-32(3,4)17-24(22)15-21/h6-15H,16-17H2,1-5H3/q+1/i1D3,16D2,17D2. The van der Waals surface area contributed by atoms with Crippen molar-refractivity contribution in [3.05, 3.63) is 88.6 Å². The Hall–Kier alpha value is -3.90. The van der Waals surface area contributed by atoms with Crippen molar-refractivity contribution >= 4 is 21.9 Å². The van der Waals surface area contributed by atoms with Crippen LogP contribution in [0.4, 0.5) is 0 Å². The lowest BCUT2D eigenvalue weighted by atomic mass is 9.90. The van der Waals surface area contributed by atoms with Crippen LogP contribution in [-0.4, -0.2) is 0 Å². The summed E-state index contributed by atoms with van der Waals surface area (Å²) in [6, 6.07) is 17.9. The summed E-state index contributed by atoms with van der Waals surface area (Å²) in [7, 11) is 1.84. The molecule has 0 radical (unpaired) electrons. The van der Waals surface area contributed by atoms with Crippen LogP contribution in [0.25, 0.3) is 44.3 Å². The Morgan fingerprint density at radius 3 is 2.49 bits per heavy atom. The van der Waals surface area contributed by atoms with Gasteiger partial charge in [-0.05, 0) is 71.9 Å². The molecule has 5 aromatic rings. The summed E-state index contributed by atoms with van der Waals surface area (Å²) in [6.45, 7) is 2.84. The van der Waals surface area contributed by atoms with Crippen molar-refractivity contribution in [1.29, 1.82) is 5.26 Å². The van der Waals surface area contributed by atoms with E-state index in [1.807, 2.05) is 36.7 Å². The predicted molar refractivity (Wildman–Crippen MR) is 141 cm³/mol. The number of hydrogen-bond donors (Lipinski definition) is 0. The topological polar surface area (TPSA) is 40.8 Å². The Morgan fingerprint density at radius 1 is 0.971 bits per heavy atom. The zero-order chi connectivity index (χ0) is 30.6. The molecule has 1 aliphatic carbocycles. The number of hydrogen-bond acceptors (Lipinski definition) is 2. The Balaban J connectivity index is 1.66. The van der Waals surface area contributed by atoms with Crippen LogP contribution in [0.15, 0.2) is 65.2 Å². The monoisotopic (exact) mass is 464 g/mol. The lowest BCUT2D eigenvalue weighted by Crippen LogP contribution is -2.30. The van der Waals surface area contributed by atoms with E-state index in [0.29, 0.717) is 39.1 Å². The molecular weight excluding hydrogens is 428 g/mol. The van der Waals surface area contributed by atoms with Crippen molar-refractivity contribution in [3.63, 3.8) is 0 Å². The van der Waals surface area contributed by atoms with E-state index in [4.69, 9.17) is 14.0 Å². The van der Waals surface area contributed by atoms with E-state index in [9.17, 15) is 5.26 Å². The van der Waals surface area contributed by atoms with Crippen molar-refractivity contribution in [2.75, 3.05) is 0 Å². The van der Waals surface area contributed by atoms with Crippen LogP contribution < -0.4 is 4.57 Å². The van der Waals surface area contributed by atoms with Crippen LogP contribution >= 0.6 is 0 Å². The van der Waals surface area contributed by atoms with Gasteiger partial charge in [0.05, 0.1) is 17.2 Å². The third kappa shape index (κ3) is 3.36. The first-order valence-corrected chi connectivity index (χ1v) is 11.6. The van der Waals surface area contributed by atoms with Gasteiger partial charge in [-0.2, -0.15) is 5.26 Å². The molecule has 6 rings (SSSR count). The lowest BCUT2D eigenvalue weighted by Gasteiger charge is -2.14. The van der Waals surface area contributed by atoms with Gasteiger partial charge >= 0.3 is 0 Å². The molecular formula is C32H29N2O+. The number of fused-ring (bicyclic) bond motifs is 4. The fraction of sp³-hybridized carbons (Fsp3) is 0.250. The summed E-state index contributed by atoms with van der Waals surface area (Å²) in [5, 5.41) is 11.7. The average Bonchev–Trinajstić information content (AvgIpc) is 3.34. The van der Waals surface area contributed by atoms with E-state index in [0.717, 1.165) is 21.9 Å². The first-order valence-electron chi connectivity index (χ1n) is 15.1. The maximum atomic E-state index is 10.1. The molecule has 0 saturated heterocycles. The van der Waals surface area contributed by atoms with Crippen molar-refractivity contribution in [1.82, 2.24) is 0 Å². The van der Waals surface area contributed by atoms with Crippen LogP contribution in [0, 0.1) is 30.5 Å². The molecule has 0 fully saturated rings. The molecule has 0 amide bonds. The molecule has 2 aromatic heterocycles. The quantitative estimate of drug-likeness (QED) is 0.256. The molecule has 3 aromatic carbocycles. The van der Waals surface area contributed by atoms with Crippen LogP contribution in [0.2, 0.25) is 0 Å². The molecule has 3 nitrogen and oxygen atoms in total. The SMILES string of the molecule is [2H]C([2H])([2H])c1cc[n+](C)c(-c2c(C)ccc3c2oc2c(-c4ccc5c(c4)C([2H])([2H])C(C)(C)C5([2H])[2H])c(C#N)ccc23)c1. The molecule has 0 N–H and O–H groups in total. The number of nitrogens with zero attached hydrogens (tertiary/aromatic N) is 2. The van der Waals surface area contributed by atoms with Gasteiger partial charge in [-0.15, -0.1) is 0 Å². The number of aryl methyl sites for hydroxylation is 3. The molecule has 0 bridgehead atoms. The summed E-state index contributed by atoms with van der Waals surface area (Å²) < 4.78 is 67.3. The van der Waals surface area contributed by atoms with Crippen molar-refractivity contribution in [2.45, 2.75) is 40.4 Å². The molecule has 0 spiro atoms. The average molecular weight is 465 g/mol. The first kappa shape index (κ1) is 15.2. The third-order valence-electron chi connectivity index (χ3n) is 6.75. The second-order valence-corrected chi connectivity index (χ2v) is 9.76. The predicted octanol–water partition coefficient (Wildman–Crippen LogP) is 7.36. The molecule has 0 saturated carbocycles. The summed E-state index contributed by atoms with van der Waals surface area (Å²) in [6.07, 6.45) is -2.13. The van der Waals surface area contributed by atoms with Crippen LogP contribution in [0.1, 0.15) is 51.3 Å². The smallest absolute Gasteiger partial charge is 0.216 e. The van der Waals surface area contributed by atoms with E-state index in [2.05, 4.69) is 6.07 Å². The van der Waals surface area contributed by atoms with Gasteiger partial charge in [0, 0.05) is 38.1 Å². The number of rotatable bonds is 2. The van der Waals surface area contributed by atoms with Gasteiger partial charge in [-0.1, -0.05) is 44.2 Å². The van der Waals surface area contributed by atoms with Gasteiger partial charge in [0.15, 0.2) is 6.20 Å². The lowest BCUT2D eigenvalue weighted by molar-refractivity contribution is -0.660. The zero-order valence-electron chi connectivity index (χ0n) is 27.1. The highest BCUT2D eigenvalue weighted by Crippen LogP contribution is 2.44. The number of nitriles is 1. The minimum Gasteiger partial charge on any atom is -0.454 e. The number of pyridine rings is 1. The van der Waals surface area contributed by atoms with E-state index in [-0.39, 0.29) is 11.1 Å². The number of furan rings is 1. The number of aromatic nitrogens is 1. The van der Waals surface area contributed by atoms with Gasteiger partial charge < -0.3 is 4.42 Å². The second kappa shape index (κ2) is 7.55. The normalized spacial score (nSPS) is 20.6. The largest absolute Gasteiger partial charge is 0.454 e. The van der Waals surface area contributed by atoms with Gasteiger partial charge in [-0.25, -0.2) is 4.57 Å². The van der Waals surface area contributed by atoms with E-state index in [1.54, 1.807) is 56.4 Å². The summed E-state index contributed by atoms with van der Waals surface area (Å²) in [5.74, 6) is 0. The Kier molecular flexibility index (Phi) is 3.27. The molecule has 172 valence electrons. The minimum absolute atomic E-state index is 0.214. The maximum Gasteiger partial charge on any atom is 0.216 e. The zero-order valence-corrected chi connectivity index (χ0v) is 20.1. The highest BCUT2D eigenvalue weighted by molar-refractivity contribution is 6.14. The third-order valence-corrected chi connectivity index (χ3v) is 6.75. The van der Waals surface area contributed by atoms with E-state index >= 15 is 0 Å². The van der Waals surface area contributed by atoms with Crippen molar-refractivity contribution in [2.24, 2.45) is 12.5 Å². The second-order valence-electron chi connectivity index (χ2n) is 9.76. The van der Waals surface area contributed by atoms with Crippen molar-refractivity contribution < 1.29 is 18.6 Å². The summed E-state index contributed by atoms with van der Waals surface area (Å²) >= 11 is 0. The van der Waals surface area contributed by atoms with Gasteiger partial charge in [0.25, 0.3) is 0 Å². The molecule has 1 aliphatic rings. The van der Waals surface area contributed by atoms with E-state index < -0.39 is 25.0 Å². The maximum absolute atomic E-state index is 10.1. The molecule has 0 unspecified atom stereocenters. The highest BCUT2D eigenvalue weighted by atomic mass is 16.3. The van der Waals surface area contributed by atoms with Crippen LogP contribution in [0.5, 0.6) is 0 Å². The van der Waals surface area contributed by atoms with Gasteiger partial charge in [0.1, 0.15) is 18.2 Å². The fourth-order valence-electron chi connectivity index (χ4n) is 5.14. The summed E-state index contributed by atoms with van der Waals surface area (Å²) in [4.78, 5) is 0.